The lowest BCUT2D eigenvalue weighted by atomic mass is 10.2. The number of anilines is 2. The summed E-state index contributed by atoms with van der Waals surface area (Å²) in [6.07, 6.45) is 1.03. The van der Waals surface area contributed by atoms with Gasteiger partial charge in [0.05, 0.1) is 0 Å². The molecule has 1 aliphatic rings. The molecule has 0 bridgehead atoms. The molecule has 1 N–H and O–H groups in total. The lowest BCUT2D eigenvalue weighted by Gasteiger charge is -2.28. The van der Waals surface area contributed by atoms with Gasteiger partial charge in [-0.1, -0.05) is 0 Å². The molecule has 1 aromatic rings. The first kappa shape index (κ1) is 18.1. The van der Waals surface area contributed by atoms with Crippen molar-refractivity contribution in [3.8, 4) is 0 Å². The molecule has 2 amide bonds. The number of nitrogens with zero attached hydrogens (tertiary/aromatic N) is 2. The van der Waals surface area contributed by atoms with Crippen LogP contribution in [0.25, 0.3) is 0 Å². The average molecular weight is 333 g/mol. The number of benzene rings is 1. The molecule has 1 heterocycles. The smallest absolute Gasteiger partial charge is 0.410 e. The molecule has 0 saturated carbocycles. The predicted octanol–water partition coefficient (Wildman–Crippen LogP) is 3.09. The summed E-state index contributed by atoms with van der Waals surface area (Å²) in [6, 6.07) is 7.12. The molecule has 1 unspecified atom stereocenters. The fraction of sp³-hybridized carbons (Fsp3) is 0.556. The van der Waals surface area contributed by atoms with Crippen LogP contribution in [0.3, 0.4) is 0 Å². The Balaban J connectivity index is 2.01. The van der Waals surface area contributed by atoms with Crippen molar-refractivity contribution in [1.29, 1.82) is 0 Å². The van der Waals surface area contributed by atoms with Gasteiger partial charge in [-0.3, -0.25) is 9.69 Å². The lowest BCUT2D eigenvalue weighted by molar-refractivity contribution is -0.120. The third kappa shape index (κ3) is 4.63. The van der Waals surface area contributed by atoms with Crippen molar-refractivity contribution in [2.45, 2.75) is 45.3 Å². The maximum absolute atomic E-state index is 12.5. The number of likely N-dealkylation sites (tertiary alicyclic amines) is 1. The Bertz CT molecular complexity index is 591. The fourth-order valence-electron chi connectivity index (χ4n) is 2.65. The van der Waals surface area contributed by atoms with Crippen molar-refractivity contribution in [3.63, 3.8) is 0 Å². The van der Waals surface area contributed by atoms with E-state index in [0.717, 1.165) is 17.8 Å². The number of hydrogen-bond acceptors (Lipinski definition) is 4. The van der Waals surface area contributed by atoms with Gasteiger partial charge in [0.15, 0.2) is 0 Å². The van der Waals surface area contributed by atoms with Crippen LogP contribution in [-0.4, -0.2) is 49.2 Å². The molecule has 132 valence electrons. The van der Waals surface area contributed by atoms with Crippen LogP contribution in [0.5, 0.6) is 0 Å². The van der Waals surface area contributed by atoms with Gasteiger partial charge in [-0.05, 0) is 57.9 Å². The summed E-state index contributed by atoms with van der Waals surface area (Å²) < 4.78 is 5.40. The Morgan fingerprint density at radius 3 is 2.38 bits per heavy atom. The zero-order valence-corrected chi connectivity index (χ0v) is 15.1. The number of amides is 2. The van der Waals surface area contributed by atoms with E-state index < -0.39 is 17.7 Å². The van der Waals surface area contributed by atoms with E-state index in [9.17, 15) is 9.59 Å². The Morgan fingerprint density at radius 2 is 1.83 bits per heavy atom. The summed E-state index contributed by atoms with van der Waals surface area (Å²) in [5.74, 6) is -0.170. The zero-order valence-electron chi connectivity index (χ0n) is 15.1. The van der Waals surface area contributed by atoms with Crippen LogP contribution in [0.15, 0.2) is 24.3 Å². The second-order valence-electron chi connectivity index (χ2n) is 7.26. The molecule has 0 aliphatic carbocycles. The van der Waals surface area contributed by atoms with E-state index in [0.29, 0.717) is 13.0 Å². The number of ether oxygens (including phenoxy) is 1. The van der Waals surface area contributed by atoms with Crippen molar-refractivity contribution in [3.05, 3.63) is 24.3 Å². The first-order valence-corrected chi connectivity index (χ1v) is 8.25. The van der Waals surface area contributed by atoms with Gasteiger partial charge in [0, 0.05) is 32.0 Å². The maximum Gasteiger partial charge on any atom is 0.410 e. The van der Waals surface area contributed by atoms with Crippen LogP contribution in [0, 0.1) is 0 Å². The quantitative estimate of drug-likeness (QED) is 0.923. The number of carbonyl (C=O) groups is 2. The number of carbonyl (C=O) groups excluding carboxylic acids is 2. The summed E-state index contributed by atoms with van der Waals surface area (Å²) in [5.41, 5.74) is 1.22. The molecule has 1 aromatic carbocycles. The van der Waals surface area contributed by atoms with E-state index in [2.05, 4.69) is 5.32 Å². The zero-order chi connectivity index (χ0) is 17.9. The van der Waals surface area contributed by atoms with Gasteiger partial charge in [-0.25, -0.2) is 4.79 Å². The molecule has 0 spiro atoms. The molecule has 24 heavy (non-hydrogen) atoms. The highest BCUT2D eigenvalue weighted by Gasteiger charge is 2.36. The number of nitrogens with one attached hydrogen (secondary N) is 1. The third-order valence-corrected chi connectivity index (χ3v) is 3.83. The van der Waals surface area contributed by atoms with E-state index in [4.69, 9.17) is 4.74 Å². The van der Waals surface area contributed by atoms with Gasteiger partial charge in [0.1, 0.15) is 11.6 Å². The highest BCUT2D eigenvalue weighted by molar-refractivity contribution is 5.97. The van der Waals surface area contributed by atoms with Crippen LogP contribution >= 0.6 is 0 Å². The molecule has 1 atom stereocenters. The van der Waals surface area contributed by atoms with Crippen LogP contribution in [0.2, 0.25) is 0 Å². The van der Waals surface area contributed by atoms with E-state index in [-0.39, 0.29) is 5.91 Å². The topological polar surface area (TPSA) is 61.9 Å². The third-order valence-electron chi connectivity index (χ3n) is 3.83. The largest absolute Gasteiger partial charge is 0.444 e. The summed E-state index contributed by atoms with van der Waals surface area (Å²) in [4.78, 5) is 28.3. The summed E-state index contributed by atoms with van der Waals surface area (Å²) >= 11 is 0. The Labute approximate surface area is 143 Å². The number of hydrogen-bond donors (Lipinski definition) is 1. The second kappa shape index (κ2) is 7.11. The van der Waals surface area contributed by atoms with Gasteiger partial charge >= 0.3 is 6.09 Å². The van der Waals surface area contributed by atoms with Crippen molar-refractivity contribution < 1.29 is 14.3 Å². The first-order valence-electron chi connectivity index (χ1n) is 8.25. The predicted molar refractivity (Wildman–Crippen MR) is 95.4 cm³/mol. The highest BCUT2D eigenvalue weighted by Crippen LogP contribution is 2.23. The Morgan fingerprint density at radius 1 is 1.21 bits per heavy atom. The van der Waals surface area contributed by atoms with Gasteiger partial charge in [-0.2, -0.15) is 0 Å². The Hall–Kier alpha value is -2.24. The van der Waals surface area contributed by atoms with Gasteiger partial charge in [0.2, 0.25) is 5.91 Å². The standard InChI is InChI=1S/C18H27N3O3/c1-18(2,3)24-17(23)21-12-6-7-15(21)16(22)19-13-8-10-14(11-9-13)20(4)5/h8-11,15H,6-7,12H2,1-5H3,(H,19,22). The fourth-order valence-corrected chi connectivity index (χ4v) is 2.65. The Kier molecular flexibility index (Phi) is 5.36. The van der Waals surface area contributed by atoms with Crippen molar-refractivity contribution in [2.24, 2.45) is 0 Å². The SMILES string of the molecule is CN(C)c1ccc(NC(=O)C2CCCN2C(=O)OC(C)(C)C)cc1. The molecule has 2 rings (SSSR count). The minimum absolute atomic E-state index is 0.170. The van der Waals surface area contributed by atoms with Crippen LogP contribution < -0.4 is 10.2 Å². The molecule has 1 saturated heterocycles. The van der Waals surface area contributed by atoms with Gasteiger partial charge in [-0.15, -0.1) is 0 Å². The monoisotopic (exact) mass is 333 g/mol. The molecule has 6 nitrogen and oxygen atoms in total. The molecule has 0 aromatic heterocycles. The van der Waals surface area contributed by atoms with Crippen molar-refractivity contribution >= 4 is 23.4 Å². The van der Waals surface area contributed by atoms with Crippen LogP contribution in [0.4, 0.5) is 16.2 Å². The molecule has 0 radical (unpaired) electrons. The van der Waals surface area contributed by atoms with E-state index in [1.807, 2.05) is 64.0 Å². The van der Waals surface area contributed by atoms with E-state index in [1.165, 1.54) is 4.90 Å². The van der Waals surface area contributed by atoms with Crippen molar-refractivity contribution in [1.82, 2.24) is 4.90 Å². The molecule has 1 fully saturated rings. The number of rotatable bonds is 3. The van der Waals surface area contributed by atoms with E-state index in [1.54, 1.807) is 0 Å². The summed E-state index contributed by atoms with van der Waals surface area (Å²) in [5, 5.41) is 2.89. The second-order valence-corrected chi connectivity index (χ2v) is 7.26. The van der Waals surface area contributed by atoms with Crippen LogP contribution in [-0.2, 0) is 9.53 Å². The first-order chi connectivity index (χ1) is 11.2. The minimum Gasteiger partial charge on any atom is -0.444 e. The molecule has 6 heteroatoms. The molecule has 1 aliphatic heterocycles. The van der Waals surface area contributed by atoms with Gasteiger partial charge < -0.3 is 15.0 Å². The summed E-state index contributed by atoms with van der Waals surface area (Å²) in [6.45, 7) is 6.01. The summed E-state index contributed by atoms with van der Waals surface area (Å²) in [7, 11) is 3.93. The maximum atomic E-state index is 12.5. The van der Waals surface area contributed by atoms with Gasteiger partial charge in [0.25, 0.3) is 0 Å². The normalized spacial score (nSPS) is 17.5. The minimum atomic E-state index is -0.567. The van der Waals surface area contributed by atoms with E-state index >= 15 is 0 Å². The van der Waals surface area contributed by atoms with Crippen LogP contribution in [0.1, 0.15) is 33.6 Å². The molecular formula is C18H27N3O3. The highest BCUT2D eigenvalue weighted by atomic mass is 16.6. The average Bonchev–Trinajstić information content (AvgIpc) is 2.95. The molecular weight excluding hydrogens is 306 g/mol. The lowest BCUT2D eigenvalue weighted by Crippen LogP contribution is -2.45. The van der Waals surface area contributed by atoms with Crippen molar-refractivity contribution in [2.75, 3.05) is 30.9 Å².